The second-order valence-corrected chi connectivity index (χ2v) is 6.71. The normalized spacial score (nSPS) is 16.1. The van der Waals surface area contributed by atoms with Crippen LogP contribution in [0.15, 0.2) is 34.9 Å². The molecule has 1 N–H and O–H groups in total. The molecule has 8 nitrogen and oxygen atoms in total. The van der Waals surface area contributed by atoms with Crippen LogP contribution in [0.5, 0.6) is 5.75 Å². The number of ether oxygens (including phenoxy) is 1. The molecule has 0 radical (unpaired) electrons. The Bertz CT molecular complexity index is 859. The molecule has 148 valence electrons. The highest BCUT2D eigenvalue weighted by atomic mass is 16.5. The molecule has 1 unspecified atom stereocenters. The highest BCUT2D eigenvalue weighted by Crippen LogP contribution is 2.21. The average molecular weight is 385 g/mol. The van der Waals surface area contributed by atoms with Crippen molar-refractivity contribution in [2.45, 2.75) is 38.6 Å². The van der Waals surface area contributed by atoms with Crippen molar-refractivity contribution in [1.29, 1.82) is 0 Å². The van der Waals surface area contributed by atoms with Gasteiger partial charge in [-0.1, -0.05) is 5.16 Å². The molecule has 0 saturated carbocycles. The van der Waals surface area contributed by atoms with Crippen molar-refractivity contribution in [3.8, 4) is 5.75 Å². The molecule has 0 aliphatic carbocycles. The number of likely N-dealkylation sites (tertiary alicyclic amines) is 1. The van der Waals surface area contributed by atoms with Crippen LogP contribution in [0.1, 0.15) is 41.8 Å². The fourth-order valence-electron chi connectivity index (χ4n) is 3.26. The number of nitrogens with one attached hydrogen (secondary N) is 1. The lowest BCUT2D eigenvalue weighted by molar-refractivity contribution is -0.136. The summed E-state index contributed by atoms with van der Waals surface area (Å²) in [5.74, 6) is 0.981. The van der Waals surface area contributed by atoms with Crippen molar-refractivity contribution in [3.63, 3.8) is 0 Å². The maximum absolute atomic E-state index is 12.6. The molecule has 1 aliphatic rings. The lowest BCUT2D eigenvalue weighted by Gasteiger charge is -2.23. The summed E-state index contributed by atoms with van der Waals surface area (Å²) in [6.45, 7) is 2.24. The summed E-state index contributed by atoms with van der Waals surface area (Å²) in [5, 5.41) is 6.41. The minimum absolute atomic E-state index is 0.0672. The summed E-state index contributed by atoms with van der Waals surface area (Å²) >= 11 is 0. The minimum Gasteiger partial charge on any atom is -0.497 e. The Morgan fingerprint density at radius 3 is 2.64 bits per heavy atom. The molecule has 2 amide bonds. The first kappa shape index (κ1) is 19.6. The van der Waals surface area contributed by atoms with E-state index in [0.29, 0.717) is 35.9 Å². The van der Waals surface area contributed by atoms with Crippen LogP contribution in [0.25, 0.3) is 0 Å². The second-order valence-electron chi connectivity index (χ2n) is 6.71. The summed E-state index contributed by atoms with van der Waals surface area (Å²) in [7, 11) is 1.56. The van der Waals surface area contributed by atoms with Crippen molar-refractivity contribution in [2.75, 3.05) is 19.0 Å². The Kier molecular flexibility index (Phi) is 6.08. The molecule has 1 saturated heterocycles. The van der Waals surface area contributed by atoms with Crippen LogP contribution < -0.4 is 10.1 Å². The van der Waals surface area contributed by atoms with E-state index in [0.717, 1.165) is 6.42 Å². The SMILES string of the molecule is COc1ccc(C(=O)CCC(=O)N2CCCC2C(=O)Nc2cc(C)on2)cc1. The molecule has 2 heterocycles. The molecule has 1 fully saturated rings. The average Bonchev–Trinajstić information content (AvgIpc) is 3.35. The second kappa shape index (κ2) is 8.69. The molecule has 0 spiro atoms. The van der Waals surface area contributed by atoms with Crippen molar-refractivity contribution >= 4 is 23.4 Å². The fraction of sp³-hybridized carbons (Fsp3) is 0.400. The van der Waals surface area contributed by atoms with Gasteiger partial charge in [0.05, 0.1) is 7.11 Å². The molecule has 28 heavy (non-hydrogen) atoms. The summed E-state index contributed by atoms with van der Waals surface area (Å²) in [6.07, 6.45) is 1.49. The number of amides is 2. The number of carbonyl (C=O) groups is 3. The molecular formula is C20H23N3O5. The summed E-state index contributed by atoms with van der Waals surface area (Å²) in [4.78, 5) is 38.9. The standard InChI is InChI=1S/C20H23N3O5/c1-13-12-18(22-28-13)21-20(26)16-4-3-11-23(16)19(25)10-9-17(24)14-5-7-15(27-2)8-6-14/h5-8,12,16H,3-4,9-11H2,1-2H3,(H,21,22,26). The van der Waals surface area contributed by atoms with Gasteiger partial charge >= 0.3 is 0 Å². The van der Waals surface area contributed by atoms with Crippen molar-refractivity contribution in [3.05, 3.63) is 41.7 Å². The Balaban J connectivity index is 1.55. The van der Waals surface area contributed by atoms with Crippen LogP contribution in [0.3, 0.4) is 0 Å². The first-order valence-electron chi connectivity index (χ1n) is 9.19. The van der Waals surface area contributed by atoms with Crippen LogP contribution in [-0.4, -0.2) is 47.4 Å². The minimum atomic E-state index is -0.555. The van der Waals surface area contributed by atoms with Gasteiger partial charge in [-0.05, 0) is 44.0 Å². The highest BCUT2D eigenvalue weighted by molar-refractivity contribution is 5.99. The van der Waals surface area contributed by atoms with E-state index in [2.05, 4.69) is 10.5 Å². The monoisotopic (exact) mass is 385 g/mol. The molecule has 8 heteroatoms. The van der Waals surface area contributed by atoms with Gasteiger partial charge in [-0.2, -0.15) is 0 Å². The van der Waals surface area contributed by atoms with Gasteiger partial charge in [0.2, 0.25) is 11.8 Å². The molecule has 1 aromatic carbocycles. The van der Waals surface area contributed by atoms with E-state index >= 15 is 0 Å². The number of Topliss-reactive ketones (excluding diaryl/α,β-unsaturated/α-hetero) is 1. The number of ketones is 1. The lowest BCUT2D eigenvalue weighted by Crippen LogP contribution is -2.43. The zero-order valence-corrected chi connectivity index (χ0v) is 15.9. The van der Waals surface area contributed by atoms with Crippen molar-refractivity contribution in [2.24, 2.45) is 0 Å². The Morgan fingerprint density at radius 1 is 1.25 bits per heavy atom. The number of benzene rings is 1. The number of carbonyl (C=O) groups excluding carboxylic acids is 3. The predicted octanol–water partition coefficient (Wildman–Crippen LogP) is 2.58. The van der Waals surface area contributed by atoms with Gasteiger partial charge in [0.1, 0.15) is 17.6 Å². The largest absolute Gasteiger partial charge is 0.497 e. The van der Waals surface area contributed by atoms with E-state index in [1.165, 1.54) is 0 Å². The first-order chi connectivity index (χ1) is 13.5. The fourth-order valence-corrected chi connectivity index (χ4v) is 3.26. The maximum atomic E-state index is 12.6. The third-order valence-corrected chi connectivity index (χ3v) is 4.73. The Labute approximate surface area is 162 Å². The van der Waals surface area contributed by atoms with Crippen LogP contribution in [-0.2, 0) is 9.59 Å². The number of nitrogens with zero attached hydrogens (tertiary/aromatic N) is 2. The van der Waals surface area contributed by atoms with Gasteiger partial charge < -0.3 is 19.5 Å². The zero-order valence-electron chi connectivity index (χ0n) is 15.9. The van der Waals surface area contributed by atoms with Crippen LogP contribution in [0, 0.1) is 6.92 Å². The van der Waals surface area contributed by atoms with E-state index in [-0.39, 0.29) is 30.4 Å². The van der Waals surface area contributed by atoms with Gasteiger partial charge in [0.15, 0.2) is 11.6 Å². The summed E-state index contributed by atoms with van der Waals surface area (Å²) in [5.41, 5.74) is 0.533. The van der Waals surface area contributed by atoms with E-state index in [4.69, 9.17) is 9.26 Å². The van der Waals surface area contributed by atoms with Gasteiger partial charge in [-0.3, -0.25) is 14.4 Å². The number of aryl methyl sites for hydroxylation is 1. The molecule has 3 rings (SSSR count). The number of methoxy groups -OCH3 is 1. The molecule has 1 aliphatic heterocycles. The number of hydrogen-bond donors (Lipinski definition) is 1. The zero-order chi connectivity index (χ0) is 20.1. The van der Waals surface area contributed by atoms with E-state index < -0.39 is 6.04 Å². The van der Waals surface area contributed by atoms with E-state index in [1.54, 1.807) is 49.3 Å². The Hall–Kier alpha value is -3.16. The van der Waals surface area contributed by atoms with Crippen LogP contribution in [0.2, 0.25) is 0 Å². The predicted molar refractivity (Wildman–Crippen MR) is 101 cm³/mol. The van der Waals surface area contributed by atoms with Crippen LogP contribution >= 0.6 is 0 Å². The van der Waals surface area contributed by atoms with Crippen molar-refractivity contribution in [1.82, 2.24) is 10.1 Å². The first-order valence-corrected chi connectivity index (χ1v) is 9.19. The lowest BCUT2D eigenvalue weighted by atomic mass is 10.1. The quantitative estimate of drug-likeness (QED) is 0.735. The van der Waals surface area contributed by atoms with E-state index in [1.807, 2.05) is 0 Å². The number of rotatable bonds is 7. The van der Waals surface area contributed by atoms with Gasteiger partial charge in [0.25, 0.3) is 0 Å². The molecule has 1 atom stereocenters. The van der Waals surface area contributed by atoms with Crippen molar-refractivity contribution < 1.29 is 23.6 Å². The Morgan fingerprint density at radius 2 is 2.00 bits per heavy atom. The molecule has 1 aromatic heterocycles. The number of aromatic nitrogens is 1. The molecular weight excluding hydrogens is 362 g/mol. The summed E-state index contributed by atoms with van der Waals surface area (Å²) in [6, 6.07) is 7.84. The maximum Gasteiger partial charge on any atom is 0.248 e. The third kappa shape index (κ3) is 4.57. The van der Waals surface area contributed by atoms with E-state index in [9.17, 15) is 14.4 Å². The van der Waals surface area contributed by atoms with Gasteiger partial charge in [-0.25, -0.2) is 0 Å². The third-order valence-electron chi connectivity index (χ3n) is 4.73. The molecule has 2 aromatic rings. The van der Waals surface area contributed by atoms with Gasteiger partial charge in [0, 0.05) is 31.0 Å². The molecule has 0 bridgehead atoms. The number of hydrogen-bond acceptors (Lipinski definition) is 6. The highest BCUT2D eigenvalue weighted by Gasteiger charge is 2.34. The van der Waals surface area contributed by atoms with Gasteiger partial charge in [-0.15, -0.1) is 0 Å². The smallest absolute Gasteiger partial charge is 0.248 e. The topological polar surface area (TPSA) is 102 Å². The van der Waals surface area contributed by atoms with Crippen LogP contribution in [0.4, 0.5) is 5.82 Å². The number of anilines is 1. The summed E-state index contributed by atoms with van der Waals surface area (Å²) < 4.78 is 10.0.